The van der Waals surface area contributed by atoms with Crippen LogP contribution in [0.3, 0.4) is 0 Å². The second-order valence-electron chi connectivity index (χ2n) is 1.74. The molecule has 0 aromatic heterocycles. The first-order chi connectivity index (χ1) is 3.50. The van der Waals surface area contributed by atoms with Crippen LogP contribution >= 0.6 is 0 Å². The molecule has 0 bridgehead atoms. The van der Waals surface area contributed by atoms with Gasteiger partial charge in [0.2, 0.25) is 0 Å². The number of carbonyl (C=O) groups is 1. The minimum atomic E-state index is -1.99. The Morgan fingerprint density at radius 2 is 2.00 bits per heavy atom. The summed E-state index contributed by atoms with van der Waals surface area (Å²) in [6, 6.07) is 0. The van der Waals surface area contributed by atoms with E-state index in [0.29, 0.717) is 0 Å². The van der Waals surface area contributed by atoms with E-state index in [4.69, 9.17) is 15.3 Å². The van der Waals surface area contributed by atoms with Crippen LogP contribution in [0.4, 0.5) is 0 Å². The van der Waals surface area contributed by atoms with Crippen LogP contribution in [0.25, 0.3) is 0 Å². The molecule has 9 heavy (non-hydrogen) atoms. The summed E-state index contributed by atoms with van der Waals surface area (Å²) in [7, 11) is 0. The summed E-state index contributed by atoms with van der Waals surface area (Å²) in [6.07, 6.45) is 0. The first-order valence-corrected chi connectivity index (χ1v) is 2.07. The molecule has 0 rings (SSSR count). The Kier molecular flexibility index (Phi) is 5.71. The van der Waals surface area contributed by atoms with Gasteiger partial charge in [0.05, 0.1) is 6.61 Å². The number of aliphatic hydroxyl groups is 2. The number of hydrogen-bond donors (Lipinski definition) is 3. The second kappa shape index (κ2) is 4.24. The molecule has 0 unspecified atom stereocenters. The van der Waals surface area contributed by atoms with Crippen LogP contribution in [0.15, 0.2) is 0 Å². The van der Waals surface area contributed by atoms with E-state index >= 15 is 0 Å². The van der Waals surface area contributed by atoms with Gasteiger partial charge in [0.25, 0.3) is 0 Å². The summed E-state index contributed by atoms with van der Waals surface area (Å²) in [4.78, 5) is 9.84. The molecule has 0 aliphatic rings. The van der Waals surface area contributed by atoms with Crippen LogP contribution in [0.5, 0.6) is 0 Å². The van der Waals surface area contributed by atoms with Crippen LogP contribution in [0.1, 0.15) is 6.92 Å². The van der Waals surface area contributed by atoms with Gasteiger partial charge in [0, 0.05) is 0 Å². The van der Waals surface area contributed by atoms with Gasteiger partial charge in [-0.15, -0.1) is 0 Å². The van der Waals surface area contributed by atoms with Gasteiger partial charge in [0.1, 0.15) is 0 Å². The van der Waals surface area contributed by atoms with E-state index in [1.807, 2.05) is 0 Å². The van der Waals surface area contributed by atoms with Gasteiger partial charge in [-0.3, -0.25) is 0 Å². The van der Waals surface area contributed by atoms with Crippen LogP contribution in [-0.2, 0) is 4.79 Å². The molecule has 0 aromatic rings. The first kappa shape index (κ1) is 12.1. The molecule has 0 amide bonds. The third-order valence-electron chi connectivity index (χ3n) is 0.769. The van der Waals surface area contributed by atoms with Crippen LogP contribution < -0.4 is 0 Å². The molecule has 0 radical (unpaired) electrons. The molecule has 3 N–H and O–H groups in total. The van der Waals surface area contributed by atoms with E-state index in [-0.39, 0.29) is 29.6 Å². The van der Waals surface area contributed by atoms with E-state index in [0.717, 1.165) is 6.92 Å². The number of aliphatic hydroxyl groups excluding tert-OH is 1. The molecule has 0 fully saturated rings. The van der Waals surface area contributed by atoms with Gasteiger partial charge in [-0.25, -0.2) is 4.79 Å². The topological polar surface area (TPSA) is 77.8 Å². The molecule has 50 valence electrons. The molecule has 1 atom stereocenters. The molecule has 0 aromatic carbocycles. The fraction of sp³-hybridized carbons (Fsp3) is 0.750. The molecule has 0 aliphatic heterocycles. The number of hydrogen-bond acceptors (Lipinski definition) is 3. The third kappa shape index (κ3) is 3.89. The Morgan fingerprint density at radius 1 is 1.67 bits per heavy atom. The maximum absolute atomic E-state index is 9.84. The van der Waals surface area contributed by atoms with E-state index < -0.39 is 18.2 Å². The van der Waals surface area contributed by atoms with Crippen molar-refractivity contribution in [3.05, 3.63) is 0 Å². The predicted molar refractivity (Wildman–Crippen MR) is 32.5 cm³/mol. The molecule has 4 nitrogen and oxygen atoms in total. The number of rotatable bonds is 2. The van der Waals surface area contributed by atoms with Gasteiger partial charge >= 0.3 is 35.5 Å². The van der Waals surface area contributed by atoms with Gasteiger partial charge in [0.15, 0.2) is 5.60 Å². The van der Waals surface area contributed by atoms with Crippen LogP contribution in [0.2, 0.25) is 0 Å². The summed E-state index contributed by atoms with van der Waals surface area (Å²) < 4.78 is 0. The zero-order valence-corrected chi connectivity index (χ0v) is 4.46. The fourth-order valence-corrected chi connectivity index (χ4v) is 0.0676. The summed E-state index contributed by atoms with van der Waals surface area (Å²) in [5.74, 6) is -1.42. The van der Waals surface area contributed by atoms with E-state index in [1.165, 1.54) is 0 Å². The van der Waals surface area contributed by atoms with E-state index in [1.54, 1.807) is 0 Å². The molecule has 0 saturated carbocycles. The minimum absolute atomic E-state index is 0. The quantitative estimate of drug-likeness (QED) is 0.398. The van der Waals surface area contributed by atoms with E-state index in [9.17, 15) is 4.79 Å². The maximum atomic E-state index is 9.84. The standard InChI is InChI=1S/C4H8O4.Na.H/c1-4(8,2-5)3(6)7;;/h5,8H,2H2,1H3,(H,6,7);;/t4-;;/m1../s1. The molecular formula is C4H9NaO4. The first-order valence-electron chi connectivity index (χ1n) is 2.07. The van der Waals surface area contributed by atoms with Crippen molar-refractivity contribution in [1.82, 2.24) is 0 Å². The van der Waals surface area contributed by atoms with Crippen molar-refractivity contribution in [3.8, 4) is 0 Å². The van der Waals surface area contributed by atoms with Gasteiger partial charge in [-0.05, 0) is 6.92 Å². The molecule has 0 aliphatic carbocycles. The van der Waals surface area contributed by atoms with Crippen molar-refractivity contribution in [2.75, 3.05) is 6.61 Å². The summed E-state index contributed by atoms with van der Waals surface area (Å²) in [6.45, 7) is 0.262. The second-order valence-corrected chi connectivity index (χ2v) is 1.74. The fourth-order valence-electron chi connectivity index (χ4n) is 0.0676. The van der Waals surface area contributed by atoms with E-state index in [2.05, 4.69) is 0 Å². The van der Waals surface area contributed by atoms with Gasteiger partial charge < -0.3 is 15.3 Å². The van der Waals surface area contributed by atoms with Crippen molar-refractivity contribution in [2.45, 2.75) is 12.5 Å². The summed E-state index contributed by atoms with van der Waals surface area (Å²) in [5, 5.41) is 24.7. The Hall–Kier alpha value is 0.390. The molecule has 5 heteroatoms. The van der Waals surface area contributed by atoms with Crippen molar-refractivity contribution >= 4 is 35.5 Å². The van der Waals surface area contributed by atoms with Crippen molar-refractivity contribution < 1.29 is 20.1 Å². The Labute approximate surface area is 74.8 Å². The number of aliphatic carboxylic acids is 1. The predicted octanol–water partition coefficient (Wildman–Crippen LogP) is -1.83. The zero-order chi connectivity index (χ0) is 6.78. The summed E-state index contributed by atoms with van der Waals surface area (Å²) in [5.41, 5.74) is -1.99. The Balaban J connectivity index is 0. The van der Waals surface area contributed by atoms with Crippen LogP contribution in [0, 0.1) is 0 Å². The normalized spacial score (nSPS) is 15.4. The zero-order valence-electron chi connectivity index (χ0n) is 4.46. The SMILES string of the molecule is C[C@@](O)(CO)C(=O)O.[NaH]. The monoisotopic (exact) mass is 144 g/mol. The summed E-state index contributed by atoms with van der Waals surface area (Å²) >= 11 is 0. The third-order valence-corrected chi connectivity index (χ3v) is 0.769. The average molecular weight is 144 g/mol. The Bertz CT molecular complexity index is 101. The van der Waals surface area contributed by atoms with Crippen LogP contribution in [-0.4, -0.2) is 63.1 Å². The molecule has 0 heterocycles. The molecule has 0 spiro atoms. The van der Waals surface area contributed by atoms with Crippen molar-refractivity contribution in [2.24, 2.45) is 0 Å². The number of carboxylic acids is 1. The van der Waals surface area contributed by atoms with Gasteiger partial charge in [-0.1, -0.05) is 0 Å². The molecular weight excluding hydrogens is 135 g/mol. The van der Waals surface area contributed by atoms with Gasteiger partial charge in [-0.2, -0.15) is 0 Å². The van der Waals surface area contributed by atoms with Crippen molar-refractivity contribution in [3.63, 3.8) is 0 Å². The number of carboxylic acid groups (broad SMARTS) is 1. The molecule has 0 saturated heterocycles. The average Bonchev–Trinajstić information content (AvgIpc) is 1.67. The van der Waals surface area contributed by atoms with Crippen molar-refractivity contribution in [1.29, 1.82) is 0 Å². The Morgan fingerprint density at radius 3 is 2.00 bits per heavy atom.